The van der Waals surface area contributed by atoms with Crippen LogP contribution < -0.4 is 5.73 Å². The quantitative estimate of drug-likeness (QED) is 0.870. The first-order chi connectivity index (χ1) is 9.08. The van der Waals surface area contributed by atoms with Gasteiger partial charge in [-0.2, -0.15) is 0 Å². The van der Waals surface area contributed by atoms with Crippen molar-refractivity contribution in [3.05, 3.63) is 23.2 Å². The lowest BCUT2D eigenvalue weighted by Gasteiger charge is -2.32. The Morgan fingerprint density at radius 1 is 1.47 bits per heavy atom. The lowest BCUT2D eigenvalue weighted by atomic mass is 10.0. The van der Waals surface area contributed by atoms with E-state index in [1.54, 1.807) is 18.2 Å². The van der Waals surface area contributed by atoms with E-state index < -0.39 is 10.8 Å². The molecule has 1 aromatic carbocycles. The highest BCUT2D eigenvalue weighted by atomic mass is 35.5. The maximum atomic E-state index is 12.3. The van der Waals surface area contributed by atoms with Gasteiger partial charge in [-0.1, -0.05) is 18.0 Å². The molecule has 1 saturated heterocycles. The van der Waals surface area contributed by atoms with E-state index in [4.69, 9.17) is 17.3 Å². The lowest BCUT2D eigenvalue weighted by molar-refractivity contribution is 0.182. The van der Waals surface area contributed by atoms with Crippen molar-refractivity contribution in [3.63, 3.8) is 0 Å². The third-order valence-corrected chi connectivity index (χ3v) is 5.46. The van der Waals surface area contributed by atoms with Gasteiger partial charge in [0.25, 0.3) is 0 Å². The number of anilines is 1. The highest BCUT2D eigenvalue weighted by Gasteiger charge is 2.20. The summed E-state index contributed by atoms with van der Waals surface area (Å²) in [6.45, 7) is 1.15. The molecule has 1 aliphatic rings. The maximum Gasteiger partial charge on any atom is 0.0632 e. The van der Waals surface area contributed by atoms with Crippen molar-refractivity contribution in [2.45, 2.75) is 36.6 Å². The van der Waals surface area contributed by atoms with Gasteiger partial charge in [0.2, 0.25) is 0 Å². The molecular formula is C14H21ClN2OS. The largest absolute Gasteiger partial charge is 0.398 e. The van der Waals surface area contributed by atoms with Crippen LogP contribution in [0.1, 0.15) is 25.7 Å². The minimum atomic E-state index is -1.06. The molecule has 1 heterocycles. The SMILES string of the molecule is CN1CCCCC1CCS(=O)c1cc(Cl)ccc1N. The number of hydrogen-bond acceptors (Lipinski definition) is 3. The summed E-state index contributed by atoms with van der Waals surface area (Å²) in [7, 11) is 1.10. The number of nitrogens with zero attached hydrogens (tertiary/aromatic N) is 1. The molecule has 5 heteroatoms. The number of likely N-dealkylation sites (tertiary alicyclic amines) is 1. The van der Waals surface area contributed by atoms with Crippen LogP contribution in [0.2, 0.25) is 5.02 Å². The third kappa shape index (κ3) is 3.94. The topological polar surface area (TPSA) is 46.3 Å². The van der Waals surface area contributed by atoms with E-state index in [0.29, 0.717) is 27.4 Å². The summed E-state index contributed by atoms with van der Waals surface area (Å²) in [5.74, 6) is 0.652. The van der Waals surface area contributed by atoms with Crippen LogP contribution in [0, 0.1) is 0 Å². The van der Waals surface area contributed by atoms with Crippen LogP contribution >= 0.6 is 11.6 Å². The normalized spacial score (nSPS) is 22.3. The molecule has 106 valence electrons. The molecule has 19 heavy (non-hydrogen) atoms. The van der Waals surface area contributed by atoms with Crippen LogP contribution in [0.25, 0.3) is 0 Å². The smallest absolute Gasteiger partial charge is 0.0632 e. The van der Waals surface area contributed by atoms with Gasteiger partial charge in [-0.3, -0.25) is 4.21 Å². The van der Waals surface area contributed by atoms with E-state index in [1.807, 2.05) is 0 Å². The molecule has 2 unspecified atom stereocenters. The Balaban J connectivity index is 1.95. The highest BCUT2D eigenvalue weighted by Crippen LogP contribution is 2.23. The zero-order chi connectivity index (χ0) is 13.8. The number of halogens is 1. The Labute approximate surface area is 122 Å². The Morgan fingerprint density at radius 3 is 3.00 bits per heavy atom. The van der Waals surface area contributed by atoms with Crippen LogP contribution in [0.3, 0.4) is 0 Å². The fraction of sp³-hybridized carbons (Fsp3) is 0.571. The van der Waals surface area contributed by atoms with Gasteiger partial charge in [0.15, 0.2) is 0 Å². The predicted octanol–water partition coefficient (Wildman–Crippen LogP) is 2.90. The minimum Gasteiger partial charge on any atom is -0.398 e. The molecule has 2 N–H and O–H groups in total. The van der Waals surface area contributed by atoms with Crippen LogP contribution in [0.15, 0.2) is 23.1 Å². The molecule has 0 aromatic heterocycles. The van der Waals surface area contributed by atoms with E-state index in [-0.39, 0.29) is 0 Å². The number of nitrogens with two attached hydrogens (primary N) is 1. The van der Waals surface area contributed by atoms with Crippen molar-refractivity contribution < 1.29 is 4.21 Å². The number of hydrogen-bond donors (Lipinski definition) is 1. The number of nitrogen functional groups attached to an aromatic ring is 1. The minimum absolute atomic E-state index is 0.554. The van der Waals surface area contributed by atoms with E-state index in [0.717, 1.165) is 13.0 Å². The van der Waals surface area contributed by atoms with E-state index >= 15 is 0 Å². The lowest BCUT2D eigenvalue weighted by Crippen LogP contribution is -2.37. The molecule has 3 nitrogen and oxygen atoms in total. The van der Waals surface area contributed by atoms with E-state index in [9.17, 15) is 4.21 Å². The number of piperidine rings is 1. The molecule has 2 rings (SSSR count). The van der Waals surface area contributed by atoms with Gasteiger partial charge in [0, 0.05) is 22.5 Å². The van der Waals surface area contributed by atoms with Crippen molar-refractivity contribution >= 4 is 28.1 Å². The molecule has 0 aliphatic carbocycles. The van der Waals surface area contributed by atoms with Crippen molar-refractivity contribution in [1.29, 1.82) is 0 Å². The zero-order valence-electron chi connectivity index (χ0n) is 11.3. The molecule has 0 amide bonds. The Kier molecular flexibility index (Phi) is 5.25. The van der Waals surface area contributed by atoms with Gasteiger partial charge >= 0.3 is 0 Å². The summed E-state index contributed by atoms with van der Waals surface area (Å²) in [6.07, 6.45) is 4.71. The van der Waals surface area contributed by atoms with E-state index in [1.165, 1.54) is 19.3 Å². The first-order valence-corrected chi connectivity index (χ1v) is 8.41. The van der Waals surface area contributed by atoms with Gasteiger partial charge in [0.1, 0.15) is 0 Å². The monoisotopic (exact) mass is 300 g/mol. The van der Waals surface area contributed by atoms with Crippen LogP contribution in [0.4, 0.5) is 5.69 Å². The molecule has 1 fully saturated rings. The molecule has 0 saturated carbocycles. The Hall–Kier alpha value is -0.580. The second kappa shape index (κ2) is 6.73. The van der Waals surface area contributed by atoms with Gasteiger partial charge in [-0.05, 0) is 51.1 Å². The number of benzene rings is 1. The van der Waals surface area contributed by atoms with Crippen molar-refractivity contribution in [2.75, 3.05) is 25.1 Å². The molecule has 0 spiro atoms. The first-order valence-electron chi connectivity index (χ1n) is 6.71. The standard InChI is InChI=1S/C14H21ClN2OS/c1-17-8-3-2-4-12(17)7-9-19(18)14-10-11(15)5-6-13(14)16/h5-6,10,12H,2-4,7-9,16H2,1H3. The summed E-state index contributed by atoms with van der Waals surface area (Å²) in [5.41, 5.74) is 6.43. The van der Waals surface area contributed by atoms with E-state index in [2.05, 4.69) is 11.9 Å². The van der Waals surface area contributed by atoms with Gasteiger partial charge in [0.05, 0.1) is 15.7 Å². The summed E-state index contributed by atoms with van der Waals surface area (Å²) in [6, 6.07) is 5.73. The van der Waals surface area contributed by atoms with Gasteiger partial charge in [-0.15, -0.1) is 0 Å². The second-order valence-electron chi connectivity index (χ2n) is 5.15. The number of rotatable bonds is 4. The maximum absolute atomic E-state index is 12.3. The third-order valence-electron chi connectivity index (χ3n) is 3.78. The Bertz CT molecular complexity index is 467. The summed E-state index contributed by atoms with van der Waals surface area (Å²) >= 11 is 5.93. The first kappa shape index (κ1) is 14.8. The summed E-state index contributed by atoms with van der Waals surface area (Å²) in [5, 5.41) is 0.590. The molecule has 1 aliphatic heterocycles. The molecule has 0 radical (unpaired) electrons. The molecule has 0 bridgehead atoms. The van der Waals surface area contributed by atoms with Crippen molar-refractivity contribution in [3.8, 4) is 0 Å². The summed E-state index contributed by atoms with van der Waals surface area (Å²) in [4.78, 5) is 3.05. The average molecular weight is 301 g/mol. The fourth-order valence-electron chi connectivity index (χ4n) is 2.57. The zero-order valence-corrected chi connectivity index (χ0v) is 12.8. The van der Waals surface area contributed by atoms with Crippen molar-refractivity contribution in [2.24, 2.45) is 0 Å². The van der Waals surface area contributed by atoms with Crippen molar-refractivity contribution in [1.82, 2.24) is 4.90 Å². The predicted molar refractivity (Wildman–Crippen MR) is 82.0 cm³/mol. The Morgan fingerprint density at radius 2 is 2.26 bits per heavy atom. The fourth-order valence-corrected chi connectivity index (χ4v) is 4.10. The van der Waals surface area contributed by atoms with Crippen LogP contribution in [-0.4, -0.2) is 34.5 Å². The average Bonchev–Trinajstić information content (AvgIpc) is 2.40. The molecule has 2 atom stereocenters. The molecule has 1 aromatic rings. The molecular weight excluding hydrogens is 280 g/mol. The van der Waals surface area contributed by atoms with Gasteiger partial charge < -0.3 is 10.6 Å². The second-order valence-corrected chi connectivity index (χ2v) is 7.13. The summed E-state index contributed by atoms with van der Waals surface area (Å²) < 4.78 is 12.3. The van der Waals surface area contributed by atoms with Crippen LogP contribution in [-0.2, 0) is 10.8 Å². The van der Waals surface area contributed by atoms with Crippen LogP contribution in [0.5, 0.6) is 0 Å². The van der Waals surface area contributed by atoms with Gasteiger partial charge in [-0.25, -0.2) is 0 Å². The highest BCUT2D eigenvalue weighted by molar-refractivity contribution is 7.85.